The van der Waals surface area contributed by atoms with E-state index in [0.717, 1.165) is 33.6 Å². The fourth-order valence-electron chi connectivity index (χ4n) is 3.07. The zero-order valence-electron chi connectivity index (χ0n) is 15.2. The summed E-state index contributed by atoms with van der Waals surface area (Å²) in [4.78, 5) is 25.5. The van der Waals surface area contributed by atoms with Crippen molar-refractivity contribution in [3.63, 3.8) is 0 Å². The van der Waals surface area contributed by atoms with Gasteiger partial charge >= 0.3 is 0 Å². The fourth-order valence-corrected chi connectivity index (χ4v) is 3.07. The van der Waals surface area contributed by atoms with Crippen LogP contribution in [0.4, 0.5) is 11.4 Å². The summed E-state index contributed by atoms with van der Waals surface area (Å²) in [6.07, 6.45) is 1.17. The summed E-state index contributed by atoms with van der Waals surface area (Å²) in [6.45, 7) is 7.94. The molecule has 4 heteroatoms. The summed E-state index contributed by atoms with van der Waals surface area (Å²) in [7, 11) is 0. The maximum Gasteiger partial charge on any atom is 0.240 e. The van der Waals surface area contributed by atoms with Crippen LogP contribution in [-0.2, 0) is 9.59 Å². The van der Waals surface area contributed by atoms with Gasteiger partial charge in [0.1, 0.15) is 5.41 Å². The van der Waals surface area contributed by atoms with Gasteiger partial charge in [0.15, 0.2) is 0 Å². The standard InChI is InChI=1S/C21H24N2O2/c1-13-5-7-17(15(3)11-13)22-19(24)21(9-10-21)20(25)23-18-8-6-14(2)12-16(18)4/h5-8,11-12H,9-10H2,1-4H3,(H,22,24)(H,23,25). The number of carbonyl (C=O) groups is 2. The highest BCUT2D eigenvalue weighted by atomic mass is 16.2. The number of hydrogen-bond acceptors (Lipinski definition) is 2. The van der Waals surface area contributed by atoms with Crippen LogP contribution in [0.1, 0.15) is 35.1 Å². The van der Waals surface area contributed by atoms with Crippen LogP contribution in [0.25, 0.3) is 0 Å². The third-order valence-electron chi connectivity index (χ3n) is 4.88. The van der Waals surface area contributed by atoms with Crippen LogP contribution in [0.5, 0.6) is 0 Å². The smallest absolute Gasteiger partial charge is 0.240 e. The van der Waals surface area contributed by atoms with Crippen molar-refractivity contribution in [2.45, 2.75) is 40.5 Å². The Bertz CT molecular complexity index is 783. The summed E-state index contributed by atoms with van der Waals surface area (Å²) in [5.74, 6) is -0.441. The van der Waals surface area contributed by atoms with Crippen LogP contribution in [-0.4, -0.2) is 11.8 Å². The lowest BCUT2D eigenvalue weighted by Crippen LogP contribution is -2.36. The summed E-state index contributed by atoms with van der Waals surface area (Å²) in [5.41, 5.74) is 4.86. The molecule has 0 heterocycles. The maximum atomic E-state index is 12.7. The number of benzene rings is 2. The van der Waals surface area contributed by atoms with Crippen LogP contribution in [0, 0.1) is 33.1 Å². The van der Waals surface area contributed by atoms with Crippen molar-refractivity contribution in [3.8, 4) is 0 Å². The van der Waals surface area contributed by atoms with Gasteiger partial charge in [-0.05, 0) is 63.8 Å². The molecule has 0 radical (unpaired) electrons. The van der Waals surface area contributed by atoms with Gasteiger partial charge in [0.05, 0.1) is 0 Å². The van der Waals surface area contributed by atoms with Gasteiger partial charge < -0.3 is 10.6 Å². The minimum atomic E-state index is -0.950. The summed E-state index contributed by atoms with van der Waals surface area (Å²) >= 11 is 0. The lowest BCUT2D eigenvalue weighted by atomic mass is 10.0. The molecule has 0 atom stereocenters. The van der Waals surface area contributed by atoms with E-state index < -0.39 is 5.41 Å². The average Bonchev–Trinajstić information content (AvgIpc) is 3.34. The van der Waals surface area contributed by atoms with Crippen molar-refractivity contribution in [2.24, 2.45) is 5.41 Å². The zero-order chi connectivity index (χ0) is 18.2. The monoisotopic (exact) mass is 336 g/mol. The summed E-state index contributed by atoms with van der Waals surface area (Å²) < 4.78 is 0. The molecule has 25 heavy (non-hydrogen) atoms. The molecular formula is C21H24N2O2. The third-order valence-corrected chi connectivity index (χ3v) is 4.88. The summed E-state index contributed by atoms with van der Waals surface area (Å²) in [6, 6.07) is 11.7. The van der Waals surface area contributed by atoms with Gasteiger partial charge in [-0.3, -0.25) is 9.59 Å². The second-order valence-electron chi connectivity index (χ2n) is 7.13. The van der Waals surface area contributed by atoms with E-state index in [0.29, 0.717) is 12.8 Å². The Labute approximate surface area is 148 Å². The fraction of sp³-hybridized carbons (Fsp3) is 0.333. The lowest BCUT2D eigenvalue weighted by molar-refractivity contribution is -0.131. The Morgan fingerprint density at radius 1 is 0.760 bits per heavy atom. The molecule has 4 nitrogen and oxygen atoms in total. The molecule has 1 aliphatic rings. The molecule has 1 aliphatic carbocycles. The van der Waals surface area contributed by atoms with Gasteiger partial charge in [0.25, 0.3) is 0 Å². The molecule has 0 unspecified atom stereocenters. The molecular weight excluding hydrogens is 312 g/mol. The molecule has 0 bridgehead atoms. The molecule has 2 N–H and O–H groups in total. The van der Waals surface area contributed by atoms with Crippen LogP contribution in [0.3, 0.4) is 0 Å². The zero-order valence-corrected chi connectivity index (χ0v) is 15.2. The predicted octanol–water partition coefficient (Wildman–Crippen LogP) is 4.28. The van der Waals surface area contributed by atoms with E-state index in [4.69, 9.17) is 0 Å². The van der Waals surface area contributed by atoms with Crippen LogP contribution < -0.4 is 10.6 Å². The molecule has 0 spiro atoms. The van der Waals surface area contributed by atoms with Gasteiger partial charge in [0, 0.05) is 11.4 Å². The first-order valence-electron chi connectivity index (χ1n) is 8.59. The highest BCUT2D eigenvalue weighted by Gasteiger charge is 2.56. The Kier molecular flexibility index (Phi) is 4.38. The first-order valence-corrected chi connectivity index (χ1v) is 8.59. The van der Waals surface area contributed by atoms with E-state index in [-0.39, 0.29) is 11.8 Å². The second-order valence-corrected chi connectivity index (χ2v) is 7.13. The van der Waals surface area contributed by atoms with Crippen LogP contribution in [0.15, 0.2) is 36.4 Å². The van der Waals surface area contributed by atoms with Crippen molar-refractivity contribution < 1.29 is 9.59 Å². The number of amides is 2. The Hall–Kier alpha value is -2.62. The van der Waals surface area contributed by atoms with Gasteiger partial charge in [-0.2, -0.15) is 0 Å². The molecule has 130 valence electrons. The Morgan fingerprint density at radius 2 is 1.16 bits per heavy atom. The minimum Gasteiger partial charge on any atom is -0.325 e. The number of carbonyl (C=O) groups excluding carboxylic acids is 2. The number of anilines is 2. The van der Waals surface area contributed by atoms with E-state index in [1.807, 2.05) is 64.1 Å². The Balaban J connectivity index is 1.74. The normalized spacial score (nSPS) is 14.7. The SMILES string of the molecule is Cc1ccc(NC(=O)C2(C(=O)Nc3ccc(C)cc3C)CC2)c(C)c1. The highest BCUT2D eigenvalue weighted by molar-refractivity contribution is 6.17. The lowest BCUT2D eigenvalue weighted by Gasteiger charge is -2.17. The first-order chi connectivity index (χ1) is 11.8. The first kappa shape index (κ1) is 17.2. The second kappa shape index (κ2) is 6.36. The van der Waals surface area contributed by atoms with Crippen LogP contribution in [0.2, 0.25) is 0 Å². The number of nitrogens with one attached hydrogen (secondary N) is 2. The molecule has 0 aliphatic heterocycles. The molecule has 2 aromatic rings. The van der Waals surface area contributed by atoms with Crippen molar-refractivity contribution in [1.82, 2.24) is 0 Å². The van der Waals surface area contributed by atoms with E-state index in [9.17, 15) is 9.59 Å². The van der Waals surface area contributed by atoms with E-state index in [1.165, 1.54) is 0 Å². The molecule has 0 aromatic heterocycles. The van der Waals surface area contributed by atoms with Crippen molar-refractivity contribution in [1.29, 1.82) is 0 Å². The van der Waals surface area contributed by atoms with Crippen molar-refractivity contribution in [2.75, 3.05) is 10.6 Å². The summed E-state index contributed by atoms with van der Waals surface area (Å²) in [5, 5.41) is 5.86. The Morgan fingerprint density at radius 3 is 1.48 bits per heavy atom. The largest absolute Gasteiger partial charge is 0.325 e. The van der Waals surface area contributed by atoms with Crippen molar-refractivity contribution in [3.05, 3.63) is 58.7 Å². The number of hydrogen-bond donors (Lipinski definition) is 2. The van der Waals surface area contributed by atoms with Crippen LogP contribution >= 0.6 is 0 Å². The highest BCUT2D eigenvalue weighted by Crippen LogP contribution is 2.47. The molecule has 0 saturated heterocycles. The predicted molar refractivity (Wildman–Crippen MR) is 101 cm³/mol. The van der Waals surface area contributed by atoms with Crippen molar-refractivity contribution >= 4 is 23.2 Å². The van der Waals surface area contributed by atoms with E-state index >= 15 is 0 Å². The van der Waals surface area contributed by atoms with E-state index in [2.05, 4.69) is 10.6 Å². The van der Waals surface area contributed by atoms with Gasteiger partial charge in [-0.25, -0.2) is 0 Å². The molecule has 3 rings (SSSR count). The molecule has 1 saturated carbocycles. The molecule has 1 fully saturated rings. The molecule has 2 aromatic carbocycles. The average molecular weight is 336 g/mol. The number of aryl methyl sites for hydroxylation is 4. The van der Waals surface area contributed by atoms with Gasteiger partial charge in [-0.1, -0.05) is 35.4 Å². The van der Waals surface area contributed by atoms with Gasteiger partial charge in [0.2, 0.25) is 11.8 Å². The minimum absolute atomic E-state index is 0.221. The quantitative estimate of drug-likeness (QED) is 0.819. The maximum absolute atomic E-state index is 12.7. The topological polar surface area (TPSA) is 58.2 Å². The molecule has 2 amide bonds. The van der Waals surface area contributed by atoms with Gasteiger partial charge in [-0.15, -0.1) is 0 Å². The third kappa shape index (κ3) is 3.43. The van der Waals surface area contributed by atoms with E-state index in [1.54, 1.807) is 0 Å². The number of rotatable bonds is 4.